The van der Waals surface area contributed by atoms with Crippen LogP contribution in [0.3, 0.4) is 0 Å². The summed E-state index contributed by atoms with van der Waals surface area (Å²) in [4.78, 5) is 0. The molecule has 0 saturated heterocycles. The van der Waals surface area contributed by atoms with Gasteiger partial charge < -0.3 is 9.84 Å². The first-order valence-electron chi connectivity index (χ1n) is 5.84. The summed E-state index contributed by atoms with van der Waals surface area (Å²) in [7, 11) is 1.49. The number of nitrogens with zero attached hydrogens (tertiary/aromatic N) is 3. The predicted molar refractivity (Wildman–Crippen MR) is 82.1 cm³/mol. The molecule has 1 aromatic carbocycles. The first-order chi connectivity index (χ1) is 9.56. The summed E-state index contributed by atoms with van der Waals surface area (Å²) in [5.41, 5.74) is 0.761. The van der Waals surface area contributed by atoms with Crippen molar-refractivity contribution >= 4 is 34.4 Å². The number of phenols is 1. The van der Waals surface area contributed by atoms with Crippen molar-refractivity contribution < 1.29 is 9.84 Å². The van der Waals surface area contributed by atoms with Gasteiger partial charge in [0.2, 0.25) is 4.77 Å². The number of nitrogens with one attached hydrogen (secondary N) is 1. The second-order valence-electron chi connectivity index (χ2n) is 3.91. The van der Waals surface area contributed by atoms with Gasteiger partial charge in [0.1, 0.15) is 0 Å². The Bertz CT molecular complexity index is 708. The summed E-state index contributed by atoms with van der Waals surface area (Å²) in [6.45, 7) is 1.97. The number of rotatable bonds is 4. The highest BCUT2D eigenvalue weighted by Gasteiger charge is 2.08. The fraction of sp³-hybridized carbons (Fsp3) is 0.250. The van der Waals surface area contributed by atoms with Gasteiger partial charge in [-0.15, -0.1) is 0 Å². The molecule has 0 aliphatic rings. The number of phenolic OH excluding ortho intramolecular Hbond substituents is 1. The summed E-state index contributed by atoms with van der Waals surface area (Å²) in [6, 6.07) is 3.41. The zero-order valence-corrected chi connectivity index (χ0v) is 13.3. The van der Waals surface area contributed by atoms with Crippen molar-refractivity contribution in [1.82, 2.24) is 14.9 Å². The SMILES string of the molecule is CCc1n[nH]c(=S)n1N=Cc1cc(Br)c(O)c(OC)c1. The Morgan fingerprint density at radius 1 is 1.60 bits per heavy atom. The zero-order valence-electron chi connectivity index (χ0n) is 10.9. The lowest BCUT2D eigenvalue weighted by atomic mass is 10.2. The molecule has 0 aliphatic heterocycles. The van der Waals surface area contributed by atoms with Crippen molar-refractivity contribution in [3.63, 3.8) is 0 Å². The van der Waals surface area contributed by atoms with Gasteiger partial charge >= 0.3 is 0 Å². The monoisotopic (exact) mass is 356 g/mol. The number of aromatic nitrogens is 3. The minimum Gasteiger partial charge on any atom is -0.503 e. The molecular weight excluding hydrogens is 344 g/mol. The average Bonchev–Trinajstić information content (AvgIpc) is 2.80. The van der Waals surface area contributed by atoms with Crippen LogP contribution in [0.2, 0.25) is 0 Å². The highest BCUT2D eigenvalue weighted by molar-refractivity contribution is 9.10. The number of methoxy groups -OCH3 is 1. The Balaban J connectivity index is 2.39. The lowest BCUT2D eigenvalue weighted by Crippen LogP contribution is -1.97. The standard InChI is InChI=1S/C12H13BrN4O2S/c1-3-10-15-16-12(20)17(10)14-6-7-4-8(13)11(18)9(5-7)19-2/h4-6,18H,3H2,1-2H3,(H,16,20). The lowest BCUT2D eigenvalue weighted by molar-refractivity contribution is 0.372. The molecule has 106 valence electrons. The van der Waals surface area contributed by atoms with E-state index in [9.17, 15) is 5.11 Å². The Labute approximate surface area is 129 Å². The molecular formula is C12H13BrN4O2S. The van der Waals surface area contributed by atoms with Gasteiger partial charge in [0.25, 0.3) is 0 Å². The van der Waals surface area contributed by atoms with E-state index in [1.807, 2.05) is 6.92 Å². The van der Waals surface area contributed by atoms with Gasteiger partial charge in [0.05, 0.1) is 17.8 Å². The minimum atomic E-state index is 0.0545. The number of benzene rings is 1. The molecule has 1 heterocycles. The normalized spacial score (nSPS) is 11.2. The molecule has 0 fully saturated rings. The number of H-pyrrole nitrogens is 1. The van der Waals surface area contributed by atoms with Crippen LogP contribution in [0.1, 0.15) is 18.3 Å². The van der Waals surface area contributed by atoms with Crippen molar-refractivity contribution in [1.29, 1.82) is 0 Å². The first-order valence-corrected chi connectivity index (χ1v) is 7.04. The maximum absolute atomic E-state index is 9.75. The van der Waals surface area contributed by atoms with Crippen molar-refractivity contribution in [2.24, 2.45) is 5.10 Å². The number of aryl methyl sites for hydroxylation is 1. The fourth-order valence-electron chi connectivity index (χ4n) is 1.62. The van der Waals surface area contributed by atoms with Gasteiger partial charge in [0.15, 0.2) is 17.3 Å². The van der Waals surface area contributed by atoms with Crippen molar-refractivity contribution in [3.05, 3.63) is 32.8 Å². The Kier molecular flexibility index (Phi) is 4.56. The molecule has 8 heteroatoms. The predicted octanol–water partition coefficient (Wildman–Crippen LogP) is 2.86. The van der Waals surface area contributed by atoms with Crippen LogP contribution in [0.15, 0.2) is 21.7 Å². The Hall–Kier alpha value is -1.67. The van der Waals surface area contributed by atoms with Gasteiger partial charge in [-0.25, -0.2) is 0 Å². The van der Waals surface area contributed by atoms with E-state index in [0.29, 0.717) is 21.4 Å². The van der Waals surface area contributed by atoms with E-state index in [4.69, 9.17) is 17.0 Å². The molecule has 0 atom stereocenters. The Morgan fingerprint density at radius 3 is 3.00 bits per heavy atom. The van der Waals surface area contributed by atoms with Crippen molar-refractivity contribution in [2.75, 3.05) is 7.11 Å². The van der Waals surface area contributed by atoms with Gasteiger partial charge in [-0.1, -0.05) is 6.92 Å². The summed E-state index contributed by atoms with van der Waals surface area (Å²) in [6.07, 6.45) is 2.34. The molecule has 1 aromatic heterocycles. The summed E-state index contributed by atoms with van der Waals surface area (Å²) >= 11 is 8.37. The van der Waals surface area contributed by atoms with Crippen LogP contribution in [0.5, 0.6) is 11.5 Å². The van der Waals surface area contributed by atoms with Crippen LogP contribution in [0.25, 0.3) is 0 Å². The molecule has 6 nitrogen and oxygen atoms in total. The van der Waals surface area contributed by atoms with E-state index in [0.717, 1.165) is 11.4 Å². The second-order valence-corrected chi connectivity index (χ2v) is 5.15. The topological polar surface area (TPSA) is 75.4 Å². The van der Waals surface area contributed by atoms with Gasteiger partial charge in [0, 0.05) is 6.42 Å². The van der Waals surface area contributed by atoms with Gasteiger partial charge in [-0.3, -0.25) is 5.10 Å². The van der Waals surface area contributed by atoms with Crippen LogP contribution < -0.4 is 4.74 Å². The molecule has 0 spiro atoms. The first kappa shape index (κ1) is 14.7. The van der Waals surface area contributed by atoms with E-state index in [2.05, 4.69) is 31.2 Å². The van der Waals surface area contributed by atoms with Crippen LogP contribution in [0, 0.1) is 4.77 Å². The number of hydrogen-bond acceptors (Lipinski definition) is 5. The third-order valence-electron chi connectivity index (χ3n) is 2.63. The number of ether oxygens (including phenoxy) is 1. The summed E-state index contributed by atoms with van der Waals surface area (Å²) < 4.78 is 7.61. The highest BCUT2D eigenvalue weighted by Crippen LogP contribution is 2.34. The molecule has 0 radical (unpaired) electrons. The molecule has 20 heavy (non-hydrogen) atoms. The smallest absolute Gasteiger partial charge is 0.216 e. The number of aromatic amines is 1. The average molecular weight is 357 g/mol. The van der Waals surface area contributed by atoms with Gasteiger partial charge in [-0.05, 0) is 45.8 Å². The molecule has 0 amide bonds. The summed E-state index contributed by atoms with van der Waals surface area (Å²) in [5, 5.41) is 20.8. The molecule has 0 unspecified atom stereocenters. The molecule has 0 bridgehead atoms. The highest BCUT2D eigenvalue weighted by atomic mass is 79.9. The molecule has 0 aliphatic carbocycles. The molecule has 2 N–H and O–H groups in total. The quantitative estimate of drug-likeness (QED) is 0.652. The third-order valence-corrected chi connectivity index (χ3v) is 3.50. The van der Waals surface area contributed by atoms with Crippen LogP contribution in [-0.2, 0) is 6.42 Å². The van der Waals surface area contributed by atoms with E-state index in [-0.39, 0.29) is 5.75 Å². The molecule has 2 aromatic rings. The maximum atomic E-state index is 9.75. The van der Waals surface area contributed by atoms with E-state index in [1.54, 1.807) is 23.0 Å². The number of aromatic hydroxyl groups is 1. The molecule has 0 saturated carbocycles. The lowest BCUT2D eigenvalue weighted by Gasteiger charge is -2.06. The van der Waals surface area contributed by atoms with Gasteiger partial charge in [-0.2, -0.15) is 14.9 Å². The Morgan fingerprint density at radius 2 is 2.35 bits per heavy atom. The summed E-state index contributed by atoms with van der Waals surface area (Å²) in [5.74, 6) is 1.17. The fourth-order valence-corrected chi connectivity index (χ4v) is 2.28. The van der Waals surface area contributed by atoms with E-state index in [1.165, 1.54) is 7.11 Å². The largest absolute Gasteiger partial charge is 0.503 e. The van der Waals surface area contributed by atoms with E-state index < -0.39 is 0 Å². The molecule has 2 rings (SSSR count). The number of hydrogen-bond donors (Lipinski definition) is 2. The third kappa shape index (κ3) is 2.91. The minimum absolute atomic E-state index is 0.0545. The van der Waals surface area contributed by atoms with E-state index >= 15 is 0 Å². The van der Waals surface area contributed by atoms with Crippen LogP contribution >= 0.6 is 28.1 Å². The van der Waals surface area contributed by atoms with Crippen molar-refractivity contribution in [2.45, 2.75) is 13.3 Å². The van der Waals surface area contributed by atoms with Crippen LogP contribution in [0.4, 0.5) is 0 Å². The van der Waals surface area contributed by atoms with Crippen LogP contribution in [-0.4, -0.2) is 33.3 Å². The second kappa shape index (κ2) is 6.19. The van der Waals surface area contributed by atoms with Crippen molar-refractivity contribution in [3.8, 4) is 11.5 Å². The zero-order chi connectivity index (χ0) is 14.7. The number of halogens is 1. The maximum Gasteiger partial charge on any atom is 0.216 e.